The zero-order valence-corrected chi connectivity index (χ0v) is 11.7. The molecule has 0 bridgehead atoms. The van der Waals surface area contributed by atoms with Crippen molar-refractivity contribution in [2.45, 2.75) is 32.4 Å². The summed E-state index contributed by atoms with van der Waals surface area (Å²) in [5, 5.41) is 0. The summed E-state index contributed by atoms with van der Waals surface area (Å²) in [6, 6.07) is 4.04. The molecule has 1 aromatic heterocycles. The predicted octanol–water partition coefficient (Wildman–Crippen LogP) is 1.10. The molecule has 5 nitrogen and oxygen atoms in total. The Labute approximate surface area is 108 Å². The molecule has 0 radical (unpaired) electrons. The second kappa shape index (κ2) is 5.42. The van der Waals surface area contributed by atoms with Gasteiger partial charge in [-0.15, -0.1) is 0 Å². The van der Waals surface area contributed by atoms with Gasteiger partial charge in [-0.1, -0.05) is 0 Å². The lowest BCUT2D eigenvalue weighted by molar-refractivity contribution is 0.186. The van der Waals surface area contributed by atoms with Gasteiger partial charge >= 0.3 is 0 Å². The van der Waals surface area contributed by atoms with E-state index in [-0.39, 0.29) is 6.04 Å². The first kappa shape index (κ1) is 13.6. The molecule has 1 aliphatic rings. The molecule has 1 fully saturated rings. The fraction of sp³-hybridized carbons (Fsp3) is 0.667. The van der Waals surface area contributed by atoms with Crippen LogP contribution in [0.5, 0.6) is 0 Å². The molecule has 0 unspecified atom stereocenters. The molecule has 0 spiro atoms. The minimum absolute atomic E-state index is 0.0783. The molecule has 0 amide bonds. The van der Waals surface area contributed by atoms with E-state index >= 15 is 0 Å². The number of hydrogen-bond acceptors (Lipinski definition) is 4. The lowest BCUT2D eigenvalue weighted by Crippen LogP contribution is -2.43. The van der Waals surface area contributed by atoms with Crippen molar-refractivity contribution in [3.63, 3.8) is 0 Å². The molecule has 0 aliphatic carbocycles. The van der Waals surface area contributed by atoms with Crippen molar-refractivity contribution in [1.82, 2.24) is 9.62 Å². The summed E-state index contributed by atoms with van der Waals surface area (Å²) in [6.45, 7) is 4.53. The van der Waals surface area contributed by atoms with Crippen molar-refractivity contribution in [3.8, 4) is 0 Å². The number of hydrogen-bond donors (Lipinski definition) is 1. The van der Waals surface area contributed by atoms with Gasteiger partial charge < -0.3 is 4.42 Å². The summed E-state index contributed by atoms with van der Waals surface area (Å²) in [7, 11) is -3.08. The van der Waals surface area contributed by atoms with E-state index in [0.29, 0.717) is 0 Å². The quantitative estimate of drug-likeness (QED) is 0.891. The second-order valence-electron chi connectivity index (χ2n) is 4.95. The zero-order chi connectivity index (χ0) is 13.2. The topological polar surface area (TPSA) is 62.6 Å². The van der Waals surface area contributed by atoms with Crippen LogP contribution in [-0.4, -0.2) is 38.7 Å². The van der Waals surface area contributed by atoms with Gasteiger partial charge in [-0.25, -0.2) is 13.1 Å². The summed E-state index contributed by atoms with van der Waals surface area (Å²) in [5.41, 5.74) is 0. The van der Waals surface area contributed by atoms with Gasteiger partial charge in [0.1, 0.15) is 11.5 Å². The highest BCUT2D eigenvalue weighted by atomic mass is 32.2. The standard InChI is InChI=1S/C12H20N2O3S/c1-10-3-4-12(17-10)9-14-7-5-11(6-8-14)13-18(2,15)16/h3-4,11,13H,5-9H2,1-2H3. The number of rotatable bonds is 4. The molecule has 18 heavy (non-hydrogen) atoms. The molecule has 102 valence electrons. The number of likely N-dealkylation sites (tertiary alicyclic amines) is 1. The minimum atomic E-state index is -3.08. The summed E-state index contributed by atoms with van der Waals surface area (Å²) < 4.78 is 30.5. The van der Waals surface area contributed by atoms with Crippen molar-refractivity contribution < 1.29 is 12.8 Å². The number of furan rings is 1. The Balaban J connectivity index is 1.80. The van der Waals surface area contributed by atoms with Crippen molar-refractivity contribution in [3.05, 3.63) is 23.7 Å². The lowest BCUT2D eigenvalue weighted by Gasteiger charge is -2.31. The van der Waals surface area contributed by atoms with Gasteiger partial charge in [0.15, 0.2) is 0 Å². The highest BCUT2D eigenvalue weighted by molar-refractivity contribution is 7.88. The molecule has 1 saturated heterocycles. The molecule has 0 aromatic carbocycles. The van der Waals surface area contributed by atoms with Crippen LogP contribution in [0.3, 0.4) is 0 Å². The van der Waals surface area contributed by atoms with Crippen LogP contribution in [0.4, 0.5) is 0 Å². The highest BCUT2D eigenvalue weighted by Gasteiger charge is 2.22. The maximum absolute atomic E-state index is 11.1. The van der Waals surface area contributed by atoms with Crippen molar-refractivity contribution in [2.24, 2.45) is 0 Å². The lowest BCUT2D eigenvalue weighted by atomic mass is 10.1. The fourth-order valence-electron chi connectivity index (χ4n) is 2.30. The summed E-state index contributed by atoms with van der Waals surface area (Å²) >= 11 is 0. The third-order valence-corrected chi connectivity index (χ3v) is 3.91. The Bertz CT molecular complexity index is 487. The van der Waals surface area contributed by atoms with Gasteiger partial charge in [-0.3, -0.25) is 4.90 Å². The van der Waals surface area contributed by atoms with E-state index in [1.165, 1.54) is 6.26 Å². The van der Waals surface area contributed by atoms with E-state index in [0.717, 1.165) is 44.0 Å². The Kier molecular flexibility index (Phi) is 4.09. The average Bonchev–Trinajstić information content (AvgIpc) is 2.65. The largest absolute Gasteiger partial charge is 0.465 e. The Morgan fingerprint density at radius 2 is 2.06 bits per heavy atom. The van der Waals surface area contributed by atoms with Crippen LogP contribution in [-0.2, 0) is 16.6 Å². The molecule has 1 aromatic rings. The third-order valence-electron chi connectivity index (χ3n) is 3.14. The van der Waals surface area contributed by atoms with Gasteiger partial charge in [0.25, 0.3) is 0 Å². The molecule has 6 heteroatoms. The molecule has 1 aliphatic heterocycles. The number of nitrogens with zero attached hydrogens (tertiary/aromatic N) is 1. The van der Waals surface area contributed by atoms with Gasteiger partial charge in [0.2, 0.25) is 10.0 Å². The molecule has 0 atom stereocenters. The summed E-state index contributed by atoms with van der Waals surface area (Å²) in [4.78, 5) is 2.29. The van der Waals surface area contributed by atoms with Crippen molar-refractivity contribution in [2.75, 3.05) is 19.3 Å². The van der Waals surface area contributed by atoms with E-state index in [4.69, 9.17) is 4.42 Å². The molecule has 0 saturated carbocycles. The SMILES string of the molecule is Cc1ccc(CN2CCC(NS(C)(=O)=O)CC2)o1. The average molecular weight is 272 g/mol. The van der Waals surface area contributed by atoms with E-state index in [1.54, 1.807) is 0 Å². The van der Waals surface area contributed by atoms with Gasteiger partial charge in [-0.05, 0) is 31.9 Å². The highest BCUT2D eigenvalue weighted by Crippen LogP contribution is 2.15. The van der Waals surface area contributed by atoms with Crippen LogP contribution < -0.4 is 4.72 Å². The second-order valence-corrected chi connectivity index (χ2v) is 6.73. The number of piperidine rings is 1. The maximum Gasteiger partial charge on any atom is 0.208 e. The number of nitrogens with one attached hydrogen (secondary N) is 1. The minimum Gasteiger partial charge on any atom is -0.465 e. The molecule has 1 N–H and O–H groups in total. The molecular formula is C12H20N2O3S. The summed E-state index contributed by atoms with van der Waals surface area (Å²) in [5.74, 6) is 1.90. The van der Waals surface area contributed by atoms with Crippen LogP contribution in [0, 0.1) is 6.92 Å². The first-order chi connectivity index (χ1) is 8.42. The van der Waals surface area contributed by atoms with Gasteiger partial charge in [-0.2, -0.15) is 0 Å². The van der Waals surface area contributed by atoms with E-state index < -0.39 is 10.0 Å². The monoisotopic (exact) mass is 272 g/mol. The van der Waals surface area contributed by atoms with E-state index in [9.17, 15) is 8.42 Å². The molecule has 2 rings (SSSR count). The number of aryl methyl sites for hydroxylation is 1. The number of sulfonamides is 1. The van der Waals surface area contributed by atoms with E-state index in [2.05, 4.69) is 9.62 Å². The molecule has 2 heterocycles. The van der Waals surface area contributed by atoms with Crippen LogP contribution in [0.15, 0.2) is 16.5 Å². The van der Waals surface area contributed by atoms with Crippen LogP contribution in [0.1, 0.15) is 24.4 Å². The van der Waals surface area contributed by atoms with E-state index in [1.807, 2.05) is 19.1 Å². The first-order valence-electron chi connectivity index (χ1n) is 6.17. The maximum atomic E-state index is 11.1. The summed E-state index contributed by atoms with van der Waals surface area (Å²) in [6.07, 6.45) is 2.92. The van der Waals surface area contributed by atoms with Crippen LogP contribution in [0.2, 0.25) is 0 Å². The Morgan fingerprint density at radius 1 is 1.39 bits per heavy atom. The normalized spacial score (nSPS) is 19.2. The van der Waals surface area contributed by atoms with Crippen LogP contribution in [0.25, 0.3) is 0 Å². The Morgan fingerprint density at radius 3 is 2.56 bits per heavy atom. The fourth-order valence-corrected chi connectivity index (χ4v) is 3.14. The molecular weight excluding hydrogens is 252 g/mol. The Hall–Kier alpha value is -0.850. The van der Waals surface area contributed by atoms with Crippen molar-refractivity contribution in [1.29, 1.82) is 0 Å². The van der Waals surface area contributed by atoms with Crippen LogP contribution >= 0.6 is 0 Å². The smallest absolute Gasteiger partial charge is 0.208 e. The zero-order valence-electron chi connectivity index (χ0n) is 10.8. The first-order valence-corrected chi connectivity index (χ1v) is 8.06. The van der Waals surface area contributed by atoms with Crippen molar-refractivity contribution >= 4 is 10.0 Å². The van der Waals surface area contributed by atoms with Gasteiger partial charge in [0.05, 0.1) is 12.8 Å². The van der Waals surface area contributed by atoms with Gasteiger partial charge in [0, 0.05) is 19.1 Å². The predicted molar refractivity (Wildman–Crippen MR) is 69.7 cm³/mol. The third kappa shape index (κ3) is 4.12.